The van der Waals surface area contributed by atoms with E-state index in [1.165, 1.54) is 19.3 Å². The summed E-state index contributed by atoms with van der Waals surface area (Å²) < 4.78 is 5.36. The fraction of sp³-hybridized carbons (Fsp3) is 0.588. The molecule has 7 heteroatoms. The van der Waals surface area contributed by atoms with Gasteiger partial charge in [0.05, 0.1) is 11.4 Å². The zero-order chi connectivity index (χ0) is 16.4. The number of hydrogen-bond acceptors (Lipinski definition) is 6. The third-order valence-corrected chi connectivity index (χ3v) is 5.85. The molecule has 0 N–H and O–H groups in total. The summed E-state index contributed by atoms with van der Waals surface area (Å²) in [5, 5.41) is 6.05. The lowest BCUT2D eigenvalue weighted by Crippen LogP contribution is -2.48. The van der Waals surface area contributed by atoms with Crippen LogP contribution in [0.3, 0.4) is 0 Å². The molecule has 128 valence electrons. The van der Waals surface area contributed by atoms with Crippen LogP contribution in [0.5, 0.6) is 0 Å². The fourth-order valence-electron chi connectivity index (χ4n) is 3.24. The molecule has 0 spiro atoms. The average Bonchev–Trinajstić information content (AvgIpc) is 3.22. The first kappa shape index (κ1) is 15.8. The molecule has 2 aliphatic rings. The van der Waals surface area contributed by atoms with E-state index in [0.29, 0.717) is 30.1 Å². The molecule has 1 saturated carbocycles. The molecule has 0 unspecified atom stereocenters. The first-order chi connectivity index (χ1) is 11.8. The van der Waals surface area contributed by atoms with Gasteiger partial charge in [-0.1, -0.05) is 17.6 Å². The van der Waals surface area contributed by atoms with Crippen molar-refractivity contribution in [3.63, 3.8) is 0 Å². The van der Waals surface area contributed by atoms with Gasteiger partial charge in [0.2, 0.25) is 17.6 Å². The van der Waals surface area contributed by atoms with Gasteiger partial charge in [-0.2, -0.15) is 4.98 Å². The quantitative estimate of drug-likeness (QED) is 0.833. The number of piperazine rings is 1. The molecule has 1 aliphatic heterocycles. The van der Waals surface area contributed by atoms with Gasteiger partial charge in [-0.05, 0) is 30.2 Å². The van der Waals surface area contributed by atoms with E-state index in [2.05, 4.69) is 15.0 Å². The molecule has 0 aromatic carbocycles. The van der Waals surface area contributed by atoms with Gasteiger partial charge in [0.1, 0.15) is 0 Å². The summed E-state index contributed by atoms with van der Waals surface area (Å²) in [6, 6.07) is 3.97. The Balaban J connectivity index is 1.26. The summed E-state index contributed by atoms with van der Waals surface area (Å²) >= 11 is 1.61. The lowest BCUT2D eigenvalue weighted by Gasteiger charge is -2.35. The standard InChI is InChI=1S/C17H22N4O2S/c22-16(11-13-3-1-4-13)21-8-6-20(7-9-21)12-15-18-17(19-23-15)14-5-2-10-24-14/h2,5,10,13H,1,3-4,6-9,11-12H2. The molecule has 6 nitrogen and oxygen atoms in total. The number of carbonyl (C=O) groups is 1. The first-order valence-corrected chi connectivity index (χ1v) is 9.52. The number of carbonyl (C=O) groups excluding carboxylic acids is 1. The Morgan fingerprint density at radius 3 is 2.79 bits per heavy atom. The summed E-state index contributed by atoms with van der Waals surface area (Å²) in [7, 11) is 0. The van der Waals surface area contributed by atoms with E-state index >= 15 is 0 Å². The van der Waals surface area contributed by atoms with Crippen molar-refractivity contribution in [3.05, 3.63) is 23.4 Å². The molecule has 1 saturated heterocycles. The van der Waals surface area contributed by atoms with E-state index in [4.69, 9.17) is 4.52 Å². The molecule has 0 atom stereocenters. The van der Waals surface area contributed by atoms with Crippen LogP contribution in [0.2, 0.25) is 0 Å². The topological polar surface area (TPSA) is 62.5 Å². The molecule has 4 rings (SSSR count). The molecule has 1 amide bonds. The molecular formula is C17H22N4O2S. The van der Waals surface area contributed by atoms with Crippen molar-refractivity contribution in [1.82, 2.24) is 19.9 Å². The third kappa shape index (κ3) is 3.52. The molecular weight excluding hydrogens is 324 g/mol. The first-order valence-electron chi connectivity index (χ1n) is 8.64. The number of aromatic nitrogens is 2. The van der Waals surface area contributed by atoms with Crippen LogP contribution in [0.25, 0.3) is 10.7 Å². The number of hydrogen-bond donors (Lipinski definition) is 0. The van der Waals surface area contributed by atoms with Crippen LogP contribution in [-0.4, -0.2) is 52.0 Å². The minimum absolute atomic E-state index is 0.331. The smallest absolute Gasteiger partial charge is 0.241 e. The van der Waals surface area contributed by atoms with Crippen molar-refractivity contribution in [3.8, 4) is 10.7 Å². The van der Waals surface area contributed by atoms with Gasteiger partial charge in [0, 0.05) is 32.6 Å². The summed E-state index contributed by atoms with van der Waals surface area (Å²) in [6.45, 7) is 4.00. The molecule has 2 aromatic rings. The normalized spacial score (nSPS) is 19.4. The van der Waals surface area contributed by atoms with Crippen LogP contribution in [-0.2, 0) is 11.3 Å². The van der Waals surface area contributed by atoms with E-state index in [0.717, 1.165) is 37.5 Å². The van der Waals surface area contributed by atoms with Gasteiger partial charge in [-0.15, -0.1) is 11.3 Å². The lowest BCUT2D eigenvalue weighted by molar-refractivity contribution is -0.134. The van der Waals surface area contributed by atoms with Crippen molar-refractivity contribution in [2.24, 2.45) is 5.92 Å². The highest BCUT2D eigenvalue weighted by Gasteiger charge is 2.26. The Morgan fingerprint density at radius 2 is 2.12 bits per heavy atom. The van der Waals surface area contributed by atoms with E-state index in [1.54, 1.807) is 11.3 Å². The maximum Gasteiger partial charge on any atom is 0.241 e. The van der Waals surface area contributed by atoms with Crippen LogP contribution >= 0.6 is 11.3 Å². The van der Waals surface area contributed by atoms with Gasteiger partial charge >= 0.3 is 0 Å². The molecule has 24 heavy (non-hydrogen) atoms. The van der Waals surface area contributed by atoms with Crippen LogP contribution in [0.1, 0.15) is 31.6 Å². The second kappa shape index (κ2) is 7.03. The third-order valence-electron chi connectivity index (χ3n) is 4.98. The number of nitrogens with zero attached hydrogens (tertiary/aromatic N) is 4. The Bertz CT molecular complexity index is 673. The van der Waals surface area contributed by atoms with Gasteiger partial charge in [-0.3, -0.25) is 9.69 Å². The summed E-state index contributed by atoms with van der Waals surface area (Å²) in [6.07, 6.45) is 4.50. The van der Waals surface area contributed by atoms with Gasteiger partial charge in [0.15, 0.2) is 0 Å². The van der Waals surface area contributed by atoms with E-state index in [-0.39, 0.29) is 0 Å². The highest BCUT2D eigenvalue weighted by molar-refractivity contribution is 7.13. The van der Waals surface area contributed by atoms with Crippen molar-refractivity contribution in [1.29, 1.82) is 0 Å². The van der Waals surface area contributed by atoms with Crippen molar-refractivity contribution >= 4 is 17.2 Å². The van der Waals surface area contributed by atoms with E-state index in [1.807, 2.05) is 22.4 Å². The Kier molecular flexibility index (Phi) is 4.62. The van der Waals surface area contributed by atoms with Gasteiger partial charge < -0.3 is 9.42 Å². The fourth-order valence-corrected chi connectivity index (χ4v) is 3.89. The second-order valence-electron chi connectivity index (χ2n) is 6.65. The predicted octanol–water partition coefficient (Wildman–Crippen LogP) is 2.63. The lowest BCUT2D eigenvalue weighted by atomic mass is 9.82. The Labute approximate surface area is 145 Å². The number of amides is 1. The predicted molar refractivity (Wildman–Crippen MR) is 91.4 cm³/mol. The molecule has 2 fully saturated rings. The Morgan fingerprint density at radius 1 is 1.29 bits per heavy atom. The van der Waals surface area contributed by atoms with Crippen LogP contribution in [0.4, 0.5) is 0 Å². The van der Waals surface area contributed by atoms with Crippen LogP contribution in [0, 0.1) is 5.92 Å². The van der Waals surface area contributed by atoms with Crippen LogP contribution < -0.4 is 0 Å². The average molecular weight is 346 g/mol. The van der Waals surface area contributed by atoms with Crippen molar-refractivity contribution < 1.29 is 9.32 Å². The number of thiophene rings is 1. The maximum atomic E-state index is 12.3. The molecule has 1 aliphatic carbocycles. The zero-order valence-corrected chi connectivity index (χ0v) is 14.5. The Hall–Kier alpha value is -1.73. The van der Waals surface area contributed by atoms with Gasteiger partial charge in [0.25, 0.3) is 0 Å². The highest BCUT2D eigenvalue weighted by atomic mass is 32.1. The van der Waals surface area contributed by atoms with Gasteiger partial charge in [-0.25, -0.2) is 0 Å². The second-order valence-corrected chi connectivity index (χ2v) is 7.59. The zero-order valence-electron chi connectivity index (χ0n) is 13.7. The number of rotatable bonds is 5. The highest BCUT2D eigenvalue weighted by Crippen LogP contribution is 2.30. The summed E-state index contributed by atoms with van der Waals surface area (Å²) in [5.41, 5.74) is 0. The minimum Gasteiger partial charge on any atom is -0.340 e. The minimum atomic E-state index is 0.331. The van der Waals surface area contributed by atoms with Crippen molar-refractivity contribution in [2.45, 2.75) is 32.2 Å². The molecule has 0 radical (unpaired) electrons. The molecule has 2 aromatic heterocycles. The maximum absolute atomic E-state index is 12.3. The van der Waals surface area contributed by atoms with E-state index < -0.39 is 0 Å². The monoisotopic (exact) mass is 346 g/mol. The summed E-state index contributed by atoms with van der Waals surface area (Å²) in [5.74, 6) is 2.28. The summed E-state index contributed by atoms with van der Waals surface area (Å²) in [4.78, 5) is 22.1. The molecule has 3 heterocycles. The largest absolute Gasteiger partial charge is 0.340 e. The van der Waals surface area contributed by atoms with Crippen molar-refractivity contribution in [2.75, 3.05) is 26.2 Å². The van der Waals surface area contributed by atoms with E-state index in [9.17, 15) is 4.79 Å². The molecule has 0 bridgehead atoms. The SMILES string of the molecule is O=C(CC1CCC1)N1CCN(Cc2nc(-c3cccs3)no2)CC1. The van der Waals surface area contributed by atoms with Crippen LogP contribution in [0.15, 0.2) is 22.0 Å².